The van der Waals surface area contributed by atoms with Crippen molar-refractivity contribution in [2.24, 2.45) is 0 Å². The molecule has 2 rings (SSSR count). The molecule has 1 saturated heterocycles. The summed E-state index contributed by atoms with van der Waals surface area (Å²) in [4.78, 5) is 33.6. The third kappa shape index (κ3) is 3.67. The zero-order valence-corrected chi connectivity index (χ0v) is 11.8. The van der Waals surface area contributed by atoms with Crippen molar-refractivity contribution in [3.63, 3.8) is 0 Å². The first-order valence-electron chi connectivity index (χ1n) is 5.97. The number of nitrogens with one attached hydrogen (secondary N) is 1. The highest BCUT2D eigenvalue weighted by atomic mass is 31.2. The van der Waals surface area contributed by atoms with Gasteiger partial charge in [-0.3, -0.25) is 18.9 Å². The van der Waals surface area contributed by atoms with Crippen molar-refractivity contribution in [1.82, 2.24) is 9.55 Å². The average molecular weight is 322 g/mol. The Morgan fingerprint density at radius 3 is 2.67 bits per heavy atom. The quantitative estimate of drug-likeness (QED) is 0.464. The van der Waals surface area contributed by atoms with Gasteiger partial charge in [-0.15, -0.1) is 0 Å². The lowest BCUT2D eigenvalue weighted by molar-refractivity contribution is -0.0523. The third-order valence-electron chi connectivity index (χ3n) is 2.94. The first kappa shape index (κ1) is 16.1. The first-order chi connectivity index (χ1) is 9.69. The van der Waals surface area contributed by atoms with Crippen LogP contribution in [0.4, 0.5) is 0 Å². The molecule has 1 aromatic rings. The molecular formula is C10H15N2O8P. The van der Waals surface area contributed by atoms with E-state index in [-0.39, 0.29) is 0 Å². The van der Waals surface area contributed by atoms with Crippen LogP contribution in [0.25, 0.3) is 0 Å². The van der Waals surface area contributed by atoms with Crippen LogP contribution >= 0.6 is 7.60 Å². The molecule has 0 aromatic carbocycles. The SMILES string of the molecule is CP(=O)(O)OC[C@@H]1O[C@H](n2ccc(=O)[nH]c2=O)C(O)C1O. The minimum atomic E-state index is -3.76. The number of rotatable bonds is 4. The number of aromatic amines is 1. The van der Waals surface area contributed by atoms with Crippen molar-refractivity contribution in [3.8, 4) is 0 Å². The van der Waals surface area contributed by atoms with Gasteiger partial charge in [-0.25, -0.2) is 4.79 Å². The van der Waals surface area contributed by atoms with Crippen molar-refractivity contribution in [2.45, 2.75) is 24.5 Å². The number of hydrogen-bond donors (Lipinski definition) is 4. The topological polar surface area (TPSA) is 151 Å². The van der Waals surface area contributed by atoms with Gasteiger partial charge >= 0.3 is 13.3 Å². The van der Waals surface area contributed by atoms with E-state index in [2.05, 4.69) is 4.52 Å². The predicted molar refractivity (Wildman–Crippen MR) is 68.9 cm³/mol. The van der Waals surface area contributed by atoms with E-state index >= 15 is 0 Å². The van der Waals surface area contributed by atoms with Crippen molar-refractivity contribution in [2.75, 3.05) is 13.3 Å². The standard InChI is InChI=1S/C10H15N2O8P/c1-21(17,18)19-4-5-7(14)8(15)9(20-5)12-3-2-6(13)11-10(12)16/h2-3,5,7-9,14-15H,4H2,1H3,(H,17,18)(H,11,13,16)/t5-,7?,8?,9-/m0/s1. The Hall–Kier alpha value is -1.29. The molecule has 0 saturated carbocycles. The number of aliphatic hydroxyl groups excluding tert-OH is 2. The highest BCUT2D eigenvalue weighted by molar-refractivity contribution is 7.51. The second-order valence-corrected chi connectivity index (χ2v) is 6.53. The summed E-state index contributed by atoms with van der Waals surface area (Å²) in [7, 11) is -3.76. The normalized spacial score (nSPS) is 32.0. The third-order valence-corrected chi connectivity index (χ3v) is 3.57. The zero-order chi connectivity index (χ0) is 15.8. The van der Waals surface area contributed by atoms with Gasteiger partial charge in [0.05, 0.1) is 6.61 Å². The molecule has 2 heterocycles. The van der Waals surface area contributed by atoms with Crippen LogP contribution in [0.3, 0.4) is 0 Å². The lowest BCUT2D eigenvalue weighted by Crippen LogP contribution is -2.37. The Bertz CT molecular complexity index is 664. The lowest BCUT2D eigenvalue weighted by atomic mass is 10.1. The Balaban J connectivity index is 2.18. The molecule has 0 aliphatic carbocycles. The summed E-state index contributed by atoms with van der Waals surface area (Å²) in [6.07, 6.45) is -4.10. The van der Waals surface area contributed by atoms with Gasteiger partial charge in [-0.1, -0.05) is 0 Å². The number of hydrogen-bond acceptors (Lipinski definition) is 7. The molecule has 21 heavy (non-hydrogen) atoms. The highest BCUT2D eigenvalue weighted by Gasteiger charge is 2.44. The molecule has 0 bridgehead atoms. The van der Waals surface area contributed by atoms with Crippen LogP contribution in [0, 0.1) is 0 Å². The maximum Gasteiger partial charge on any atom is 0.330 e. The van der Waals surface area contributed by atoms with Crippen LogP contribution < -0.4 is 11.2 Å². The molecule has 0 spiro atoms. The molecule has 5 atom stereocenters. The minimum absolute atomic E-state index is 0.433. The molecule has 10 nitrogen and oxygen atoms in total. The van der Waals surface area contributed by atoms with Gasteiger partial charge < -0.3 is 24.4 Å². The highest BCUT2D eigenvalue weighted by Crippen LogP contribution is 2.38. The Morgan fingerprint density at radius 1 is 1.43 bits per heavy atom. The van der Waals surface area contributed by atoms with E-state index in [4.69, 9.17) is 9.63 Å². The number of ether oxygens (including phenoxy) is 1. The van der Waals surface area contributed by atoms with Gasteiger partial charge in [-0.2, -0.15) is 0 Å². The van der Waals surface area contributed by atoms with Gasteiger partial charge in [0, 0.05) is 18.9 Å². The number of nitrogens with zero attached hydrogens (tertiary/aromatic N) is 1. The van der Waals surface area contributed by atoms with E-state index < -0.39 is 50.0 Å². The molecule has 1 fully saturated rings. The van der Waals surface area contributed by atoms with Crippen molar-refractivity contribution in [3.05, 3.63) is 33.1 Å². The molecule has 0 radical (unpaired) electrons. The maximum absolute atomic E-state index is 11.6. The maximum atomic E-state index is 11.6. The van der Waals surface area contributed by atoms with Crippen LogP contribution in [-0.4, -0.2) is 56.2 Å². The molecule has 1 aliphatic rings. The smallest absolute Gasteiger partial charge is 0.330 e. The number of aromatic nitrogens is 2. The monoisotopic (exact) mass is 322 g/mol. The van der Waals surface area contributed by atoms with Crippen LogP contribution in [0.5, 0.6) is 0 Å². The Morgan fingerprint density at radius 2 is 2.10 bits per heavy atom. The second-order valence-electron chi connectivity index (χ2n) is 4.66. The molecule has 0 amide bonds. The molecule has 11 heteroatoms. The van der Waals surface area contributed by atoms with Gasteiger partial charge in [-0.05, 0) is 0 Å². The molecule has 1 aliphatic heterocycles. The van der Waals surface area contributed by atoms with E-state index in [1.807, 2.05) is 4.98 Å². The fraction of sp³-hybridized carbons (Fsp3) is 0.600. The first-order valence-corrected chi connectivity index (χ1v) is 7.99. The summed E-state index contributed by atoms with van der Waals surface area (Å²) in [5.41, 5.74) is -1.43. The summed E-state index contributed by atoms with van der Waals surface area (Å²) in [5, 5.41) is 19.7. The fourth-order valence-corrected chi connectivity index (χ4v) is 2.36. The van der Waals surface area contributed by atoms with Gasteiger partial charge in [0.15, 0.2) is 6.23 Å². The lowest BCUT2D eigenvalue weighted by Gasteiger charge is -2.16. The van der Waals surface area contributed by atoms with E-state index in [0.29, 0.717) is 0 Å². The van der Waals surface area contributed by atoms with Crippen molar-refractivity contribution in [1.29, 1.82) is 0 Å². The van der Waals surface area contributed by atoms with Gasteiger partial charge in [0.2, 0.25) is 0 Å². The molecular weight excluding hydrogens is 307 g/mol. The largest absolute Gasteiger partial charge is 0.387 e. The second kappa shape index (κ2) is 5.84. The van der Waals surface area contributed by atoms with E-state index in [1.54, 1.807) is 0 Å². The summed E-state index contributed by atoms with van der Waals surface area (Å²) < 4.78 is 21.9. The van der Waals surface area contributed by atoms with Crippen LogP contribution in [0.1, 0.15) is 6.23 Å². The Kier molecular flexibility index (Phi) is 4.47. The summed E-state index contributed by atoms with van der Waals surface area (Å²) >= 11 is 0. The van der Waals surface area contributed by atoms with E-state index in [1.165, 1.54) is 0 Å². The fourth-order valence-electron chi connectivity index (χ4n) is 1.94. The number of aliphatic hydroxyl groups is 2. The Labute approximate surface area is 118 Å². The van der Waals surface area contributed by atoms with Gasteiger partial charge in [0.25, 0.3) is 5.56 Å². The zero-order valence-electron chi connectivity index (χ0n) is 10.9. The van der Waals surface area contributed by atoms with Crippen molar-refractivity contribution >= 4 is 7.60 Å². The summed E-state index contributed by atoms with van der Waals surface area (Å²) in [6.45, 7) is 0.534. The summed E-state index contributed by atoms with van der Waals surface area (Å²) in [5.74, 6) is 0. The summed E-state index contributed by atoms with van der Waals surface area (Å²) in [6, 6.07) is 1.06. The minimum Gasteiger partial charge on any atom is -0.387 e. The number of H-pyrrole nitrogens is 1. The average Bonchev–Trinajstić information content (AvgIpc) is 2.64. The molecule has 1 aromatic heterocycles. The predicted octanol–water partition coefficient (Wildman–Crippen LogP) is -2.01. The van der Waals surface area contributed by atoms with Gasteiger partial charge in [0.1, 0.15) is 18.3 Å². The molecule has 4 N–H and O–H groups in total. The van der Waals surface area contributed by atoms with Crippen LogP contribution in [0.2, 0.25) is 0 Å². The van der Waals surface area contributed by atoms with Crippen LogP contribution in [0.15, 0.2) is 21.9 Å². The molecule has 3 unspecified atom stereocenters. The van der Waals surface area contributed by atoms with Crippen LogP contribution in [-0.2, 0) is 13.8 Å². The molecule has 118 valence electrons. The van der Waals surface area contributed by atoms with E-state index in [0.717, 1.165) is 23.5 Å². The van der Waals surface area contributed by atoms with E-state index in [9.17, 15) is 24.4 Å². The van der Waals surface area contributed by atoms with Crippen molar-refractivity contribution < 1.29 is 28.9 Å².